The second-order valence-corrected chi connectivity index (χ2v) is 7.66. The van der Waals surface area contributed by atoms with Crippen LogP contribution >= 0.6 is 0 Å². The van der Waals surface area contributed by atoms with Crippen molar-refractivity contribution in [1.29, 1.82) is 0 Å². The molecule has 0 saturated carbocycles. The van der Waals surface area contributed by atoms with Gasteiger partial charge in [0.1, 0.15) is 0 Å². The van der Waals surface area contributed by atoms with Crippen molar-refractivity contribution in [1.82, 2.24) is 0 Å². The van der Waals surface area contributed by atoms with Crippen molar-refractivity contribution in [3.8, 4) is 28.7 Å². The molecule has 3 atom stereocenters. The van der Waals surface area contributed by atoms with Gasteiger partial charge in [-0.05, 0) is 42.3 Å². The van der Waals surface area contributed by atoms with Crippen molar-refractivity contribution in [2.24, 2.45) is 11.8 Å². The Bertz CT molecular complexity index is 1040. The van der Waals surface area contributed by atoms with Crippen molar-refractivity contribution < 1.29 is 38.0 Å². The summed E-state index contributed by atoms with van der Waals surface area (Å²) in [6.45, 7) is 3.79. The lowest BCUT2D eigenvalue weighted by molar-refractivity contribution is -0.150. The number of hydrogen-bond donors (Lipinski definition) is 0. The average molecular weight is 442 g/mol. The summed E-state index contributed by atoms with van der Waals surface area (Å²) < 4.78 is 32.9. The van der Waals surface area contributed by atoms with Crippen molar-refractivity contribution in [2.45, 2.75) is 19.8 Å². The Hall–Kier alpha value is -3.42. The third kappa shape index (κ3) is 3.39. The van der Waals surface area contributed by atoms with Crippen LogP contribution in [0, 0.1) is 11.8 Å². The molecule has 0 saturated heterocycles. The molecule has 2 aromatic rings. The SMILES string of the molecule is CCOC(=O)[C@H]1[C@H](c2cc(OC)c(OC)c(OC)c2)c2cc3c(cc2C(=O)[C@@H]1C)OCO3. The summed E-state index contributed by atoms with van der Waals surface area (Å²) in [4.78, 5) is 26.4. The summed E-state index contributed by atoms with van der Waals surface area (Å²) in [6, 6.07) is 7.08. The zero-order valence-corrected chi connectivity index (χ0v) is 18.7. The van der Waals surface area contributed by atoms with Gasteiger partial charge < -0.3 is 28.4 Å². The van der Waals surface area contributed by atoms with Crippen molar-refractivity contribution in [3.63, 3.8) is 0 Å². The van der Waals surface area contributed by atoms with Crippen LogP contribution < -0.4 is 23.7 Å². The van der Waals surface area contributed by atoms with Gasteiger partial charge in [-0.15, -0.1) is 0 Å². The molecule has 0 N–H and O–H groups in total. The number of benzene rings is 2. The highest BCUT2D eigenvalue weighted by Crippen LogP contribution is 2.50. The molecule has 2 aliphatic rings. The second kappa shape index (κ2) is 8.61. The second-order valence-electron chi connectivity index (χ2n) is 7.66. The summed E-state index contributed by atoms with van der Waals surface area (Å²) >= 11 is 0. The van der Waals surface area contributed by atoms with Crippen LogP contribution in [0.2, 0.25) is 0 Å². The molecule has 1 heterocycles. The maximum atomic E-state index is 13.3. The highest BCUT2D eigenvalue weighted by molar-refractivity contribution is 6.04. The van der Waals surface area contributed by atoms with Crippen molar-refractivity contribution in [2.75, 3.05) is 34.7 Å². The van der Waals surface area contributed by atoms with Gasteiger partial charge in [0.2, 0.25) is 12.5 Å². The third-order valence-electron chi connectivity index (χ3n) is 6.06. The minimum atomic E-state index is -0.738. The third-order valence-corrected chi connectivity index (χ3v) is 6.06. The first-order valence-corrected chi connectivity index (χ1v) is 10.4. The van der Waals surface area contributed by atoms with Crippen LogP contribution in [0.5, 0.6) is 28.7 Å². The standard InChI is InChI=1S/C24H26O8/c1-6-30-24(26)20-12(2)22(25)15-10-17-16(31-11-32-17)9-14(15)21(20)13-7-18(27-3)23(29-5)19(8-13)28-4/h7-10,12,20-21H,6,11H2,1-5H3/t12-,20-,21-/m1/s1. The van der Waals surface area contributed by atoms with Crippen LogP contribution in [0.1, 0.15) is 41.3 Å². The maximum absolute atomic E-state index is 13.3. The molecule has 8 nitrogen and oxygen atoms in total. The monoisotopic (exact) mass is 442 g/mol. The zero-order valence-electron chi connectivity index (χ0n) is 18.7. The molecule has 0 bridgehead atoms. The van der Waals surface area contributed by atoms with Gasteiger partial charge in [0, 0.05) is 17.4 Å². The molecule has 1 aliphatic carbocycles. The maximum Gasteiger partial charge on any atom is 0.310 e. The highest BCUT2D eigenvalue weighted by atomic mass is 16.7. The number of hydrogen-bond acceptors (Lipinski definition) is 8. The van der Waals surface area contributed by atoms with Gasteiger partial charge in [-0.3, -0.25) is 9.59 Å². The van der Waals surface area contributed by atoms with Crippen molar-refractivity contribution in [3.05, 3.63) is 41.0 Å². The Balaban J connectivity index is 1.97. The van der Waals surface area contributed by atoms with E-state index >= 15 is 0 Å². The van der Waals surface area contributed by atoms with E-state index in [9.17, 15) is 9.59 Å². The average Bonchev–Trinajstić information content (AvgIpc) is 3.26. The number of carbonyl (C=O) groups is 2. The van der Waals surface area contributed by atoms with Crippen LogP contribution in [0.25, 0.3) is 0 Å². The summed E-state index contributed by atoms with van der Waals surface area (Å²) in [5, 5.41) is 0. The van der Waals surface area contributed by atoms with Gasteiger partial charge in [-0.25, -0.2) is 0 Å². The van der Waals surface area contributed by atoms with Crippen LogP contribution in [0.3, 0.4) is 0 Å². The molecule has 4 rings (SSSR count). The summed E-state index contributed by atoms with van der Waals surface area (Å²) in [6.07, 6.45) is 0. The van der Waals surface area contributed by atoms with Gasteiger partial charge in [-0.2, -0.15) is 0 Å². The normalized spacial score (nSPS) is 21.0. The summed E-state index contributed by atoms with van der Waals surface area (Å²) in [7, 11) is 4.59. The molecule has 1 aliphatic heterocycles. The number of ketones is 1. The number of rotatable bonds is 6. The molecule has 0 fully saturated rings. The lowest BCUT2D eigenvalue weighted by atomic mass is 9.66. The number of ether oxygens (including phenoxy) is 6. The first kappa shape index (κ1) is 21.8. The predicted octanol–water partition coefficient (Wildman–Crippen LogP) is 3.58. The van der Waals surface area contributed by atoms with E-state index in [1.54, 1.807) is 38.1 Å². The fourth-order valence-corrected chi connectivity index (χ4v) is 4.57. The highest BCUT2D eigenvalue weighted by Gasteiger charge is 2.46. The van der Waals surface area contributed by atoms with Crippen LogP contribution in [0.15, 0.2) is 24.3 Å². The van der Waals surface area contributed by atoms with E-state index in [2.05, 4.69) is 0 Å². The van der Waals surface area contributed by atoms with E-state index in [0.29, 0.717) is 39.9 Å². The largest absolute Gasteiger partial charge is 0.493 e. The van der Waals surface area contributed by atoms with Gasteiger partial charge in [-0.1, -0.05) is 6.92 Å². The topological polar surface area (TPSA) is 89.5 Å². The minimum Gasteiger partial charge on any atom is -0.493 e. The van der Waals surface area contributed by atoms with E-state index in [4.69, 9.17) is 28.4 Å². The lowest BCUT2D eigenvalue weighted by Crippen LogP contribution is -2.39. The minimum absolute atomic E-state index is 0.0815. The van der Waals surface area contributed by atoms with Gasteiger partial charge >= 0.3 is 5.97 Å². The molecular weight excluding hydrogens is 416 g/mol. The van der Waals surface area contributed by atoms with Gasteiger partial charge in [0.25, 0.3) is 0 Å². The molecule has 2 aromatic carbocycles. The molecule has 0 unspecified atom stereocenters. The Morgan fingerprint density at radius 1 is 1.00 bits per heavy atom. The first-order valence-electron chi connectivity index (χ1n) is 10.4. The van der Waals surface area contributed by atoms with Gasteiger partial charge in [0.05, 0.1) is 33.9 Å². The van der Waals surface area contributed by atoms with E-state index in [-0.39, 0.29) is 19.2 Å². The summed E-state index contributed by atoms with van der Waals surface area (Å²) in [5.41, 5.74) is 1.91. The molecule has 0 radical (unpaired) electrons. The van der Waals surface area contributed by atoms with Crippen molar-refractivity contribution >= 4 is 11.8 Å². The zero-order chi connectivity index (χ0) is 23.0. The summed E-state index contributed by atoms with van der Waals surface area (Å²) in [5.74, 6) is -0.0156. The Morgan fingerprint density at radius 3 is 2.19 bits per heavy atom. The first-order chi connectivity index (χ1) is 15.4. The van der Waals surface area contributed by atoms with E-state index in [1.807, 2.05) is 0 Å². The van der Waals surface area contributed by atoms with Crippen LogP contribution in [0.4, 0.5) is 0 Å². The molecular formula is C24H26O8. The predicted molar refractivity (Wildman–Crippen MR) is 114 cm³/mol. The molecule has 32 heavy (non-hydrogen) atoms. The van der Waals surface area contributed by atoms with Gasteiger partial charge in [0.15, 0.2) is 28.8 Å². The van der Waals surface area contributed by atoms with E-state index in [0.717, 1.165) is 5.56 Å². The van der Waals surface area contributed by atoms with E-state index < -0.39 is 23.7 Å². The smallest absolute Gasteiger partial charge is 0.310 e. The fraction of sp³-hybridized carbons (Fsp3) is 0.417. The molecule has 8 heteroatoms. The molecule has 0 spiro atoms. The number of fused-ring (bicyclic) bond motifs is 2. The Kier molecular flexibility index (Phi) is 5.86. The quantitative estimate of drug-likeness (QED) is 0.627. The Labute approximate surface area is 186 Å². The van der Waals surface area contributed by atoms with Crippen LogP contribution in [-0.2, 0) is 9.53 Å². The Morgan fingerprint density at radius 2 is 1.62 bits per heavy atom. The number of esters is 1. The molecule has 0 aromatic heterocycles. The van der Waals surface area contributed by atoms with E-state index in [1.165, 1.54) is 21.3 Å². The molecule has 0 amide bonds. The van der Waals surface area contributed by atoms with Crippen LogP contribution in [-0.4, -0.2) is 46.5 Å². The lowest BCUT2D eigenvalue weighted by Gasteiger charge is -2.36. The number of Topliss-reactive ketones (excluding diaryl/α,β-unsaturated/α-hetero) is 1. The fourth-order valence-electron chi connectivity index (χ4n) is 4.57. The molecule has 170 valence electrons. The number of carbonyl (C=O) groups excluding carboxylic acids is 2. The number of methoxy groups -OCH3 is 3.